The minimum absolute atomic E-state index is 0.0223. The van der Waals surface area contributed by atoms with Gasteiger partial charge in [-0.15, -0.1) is 0 Å². The van der Waals surface area contributed by atoms with Crippen molar-refractivity contribution in [2.45, 2.75) is 43.9 Å². The summed E-state index contributed by atoms with van der Waals surface area (Å²) in [6.45, 7) is 5.55. The topological polar surface area (TPSA) is 69.7 Å². The summed E-state index contributed by atoms with van der Waals surface area (Å²) in [5.74, 6) is 0.656. The van der Waals surface area contributed by atoms with Gasteiger partial charge in [-0.3, -0.25) is 9.52 Å². The van der Waals surface area contributed by atoms with Crippen molar-refractivity contribution in [2.75, 3.05) is 35.8 Å². The van der Waals surface area contributed by atoms with Crippen molar-refractivity contribution >= 4 is 38.9 Å². The second-order valence-corrected chi connectivity index (χ2v) is 10.9. The second kappa shape index (κ2) is 9.71. The maximum Gasteiger partial charge on any atom is 0.261 e. The van der Waals surface area contributed by atoms with Crippen molar-refractivity contribution in [3.63, 3.8) is 0 Å². The molecule has 0 unspecified atom stereocenters. The molecule has 0 spiro atoms. The summed E-state index contributed by atoms with van der Waals surface area (Å²) in [5, 5.41) is 0.471. The molecule has 2 aliphatic heterocycles. The Morgan fingerprint density at radius 1 is 0.969 bits per heavy atom. The maximum atomic E-state index is 13.5. The molecule has 0 aliphatic carbocycles. The molecule has 8 heteroatoms. The number of carbonyl (C=O) groups excluding carboxylic acids is 1. The van der Waals surface area contributed by atoms with E-state index in [1.54, 1.807) is 24.3 Å². The van der Waals surface area contributed by atoms with Crippen LogP contribution in [0.5, 0.6) is 0 Å². The molecule has 2 fully saturated rings. The smallest absolute Gasteiger partial charge is 0.261 e. The lowest BCUT2D eigenvalue weighted by Crippen LogP contribution is -2.38. The Morgan fingerprint density at radius 3 is 2.28 bits per heavy atom. The Balaban J connectivity index is 1.65. The molecule has 2 heterocycles. The Morgan fingerprint density at radius 2 is 1.62 bits per heavy atom. The third kappa shape index (κ3) is 5.21. The molecule has 4 rings (SSSR count). The van der Waals surface area contributed by atoms with Crippen LogP contribution >= 0.6 is 11.6 Å². The number of rotatable bonds is 5. The first-order chi connectivity index (χ1) is 15.3. The summed E-state index contributed by atoms with van der Waals surface area (Å²) in [6.07, 6.45) is 5.32. The minimum Gasteiger partial charge on any atom is -0.371 e. The number of carbonyl (C=O) groups is 1. The third-order valence-corrected chi connectivity index (χ3v) is 8.02. The quantitative estimate of drug-likeness (QED) is 0.660. The third-order valence-electron chi connectivity index (χ3n) is 6.37. The summed E-state index contributed by atoms with van der Waals surface area (Å²) < 4.78 is 28.3. The van der Waals surface area contributed by atoms with E-state index in [0.717, 1.165) is 64.0 Å². The largest absolute Gasteiger partial charge is 0.371 e. The molecular formula is C24H30ClN3O3S. The molecule has 0 atom stereocenters. The number of sulfonamides is 1. The van der Waals surface area contributed by atoms with Crippen LogP contribution in [0.25, 0.3) is 0 Å². The molecule has 0 aromatic heterocycles. The van der Waals surface area contributed by atoms with Crippen LogP contribution in [0, 0.1) is 5.92 Å². The van der Waals surface area contributed by atoms with Crippen molar-refractivity contribution in [3.8, 4) is 0 Å². The molecule has 32 heavy (non-hydrogen) atoms. The van der Waals surface area contributed by atoms with E-state index >= 15 is 0 Å². The first-order valence-electron chi connectivity index (χ1n) is 11.3. The molecule has 172 valence electrons. The van der Waals surface area contributed by atoms with Gasteiger partial charge in [0, 0.05) is 42.6 Å². The Kier molecular flexibility index (Phi) is 6.96. The standard InChI is InChI=1S/C24H30ClN3O3S/c1-18-11-15-27(16-12-18)23-10-7-20(17-22(23)24(29)28-13-3-2-4-14-28)26-32(30,31)21-8-5-19(25)6-9-21/h5-10,17-18,26H,2-4,11-16H2,1H3. The molecule has 2 saturated heterocycles. The summed E-state index contributed by atoms with van der Waals surface area (Å²) in [6, 6.07) is 11.3. The van der Waals surface area contributed by atoms with Gasteiger partial charge in [-0.2, -0.15) is 0 Å². The molecule has 0 bridgehead atoms. The van der Waals surface area contributed by atoms with Crippen LogP contribution < -0.4 is 9.62 Å². The monoisotopic (exact) mass is 475 g/mol. The van der Waals surface area contributed by atoms with Gasteiger partial charge in [-0.1, -0.05) is 18.5 Å². The van der Waals surface area contributed by atoms with Gasteiger partial charge in [-0.25, -0.2) is 8.42 Å². The van der Waals surface area contributed by atoms with Crippen LogP contribution in [0.2, 0.25) is 5.02 Å². The van der Waals surface area contributed by atoms with Gasteiger partial charge in [0.15, 0.2) is 0 Å². The number of anilines is 2. The molecule has 0 saturated carbocycles. The summed E-state index contributed by atoms with van der Waals surface area (Å²) >= 11 is 5.89. The highest BCUT2D eigenvalue weighted by atomic mass is 35.5. The van der Waals surface area contributed by atoms with E-state index in [9.17, 15) is 13.2 Å². The molecule has 1 N–H and O–H groups in total. The van der Waals surface area contributed by atoms with E-state index in [0.29, 0.717) is 22.2 Å². The van der Waals surface area contributed by atoms with E-state index in [1.807, 2.05) is 11.0 Å². The van der Waals surface area contributed by atoms with E-state index < -0.39 is 10.0 Å². The summed E-state index contributed by atoms with van der Waals surface area (Å²) in [7, 11) is -3.79. The lowest BCUT2D eigenvalue weighted by atomic mass is 9.97. The zero-order valence-electron chi connectivity index (χ0n) is 18.4. The van der Waals surface area contributed by atoms with Gasteiger partial charge in [-0.05, 0) is 80.5 Å². The maximum absolute atomic E-state index is 13.5. The Bertz CT molecular complexity index is 1060. The fourth-order valence-electron chi connectivity index (χ4n) is 4.39. The number of nitrogens with zero attached hydrogens (tertiary/aromatic N) is 2. The highest BCUT2D eigenvalue weighted by molar-refractivity contribution is 7.92. The van der Waals surface area contributed by atoms with Crippen LogP contribution in [0.1, 0.15) is 49.4 Å². The van der Waals surface area contributed by atoms with Crippen molar-refractivity contribution < 1.29 is 13.2 Å². The first kappa shape index (κ1) is 22.9. The molecule has 2 aromatic rings. The molecule has 0 radical (unpaired) electrons. The number of piperidine rings is 2. The number of benzene rings is 2. The molecule has 6 nitrogen and oxygen atoms in total. The number of halogens is 1. The van der Waals surface area contributed by atoms with Crippen LogP contribution in [-0.2, 0) is 10.0 Å². The van der Waals surface area contributed by atoms with Gasteiger partial charge >= 0.3 is 0 Å². The van der Waals surface area contributed by atoms with Crippen molar-refractivity contribution in [3.05, 3.63) is 53.1 Å². The SMILES string of the molecule is CC1CCN(c2ccc(NS(=O)(=O)c3ccc(Cl)cc3)cc2C(=O)N2CCCCC2)CC1. The predicted octanol–water partition coefficient (Wildman–Crippen LogP) is 5.00. The van der Waals surface area contributed by atoms with E-state index in [1.165, 1.54) is 12.1 Å². The van der Waals surface area contributed by atoms with Gasteiger partial charge in [0.2, 0.25) is 0 Å². The minimum atomic E-state index is -3.79. The van der Waals surface area contributed by atoms with Crippen molar-refractivity contribution in [1.29, 1.82) is 0 Å². The van der Waals surface area contributed by atoms with Gasteiger partial charge in [0.1, 0.15) is 0 Å². The van der Waals surface area contributed by atoms with Crippen LogP contribution in [0.15, 0.2) is 47.4 Å². The van der Waals surface area contributed by atoms with Crippen molar-refractivity contribution in [1.82, 2.24) is 4.90 Å². The van der Waals surface area contributed by atoms with E-state index in [-0.39, 0.29) is 10.8 Å². The number of nitrogens with one attached hydrogen (secondary N) is 1. The van der Waals surface area contributed by atoms with Crippen molar-refractivity contribution in [2.24, 2.45) is 5.92 Å². The highest BCUT2D eigenvalue weighted by Crippen LogP contribution is 2.31. The normalized spacial score (nSPS) is 17.9. The molecule has 2 aliphatic rings. The Labute approximate surface area is 195 Å². The van der Waals surface area contributed by atoms with Crippen LogP contribution in [0.4, 0.5) is 11.4 Å². The van der Waals surface area contributed by atoms with Crippen LogP contribution in [0.3, 0.4) is 0 Å². The number of amides is 1. The van der Waals surface area contributed by atoms with Gasteiger partial charge in [0.25, 0.3) is 15.9 Å². The number of hydrogen-bond donors (Lipinski definition) is 1. The Hall–Kier alpha value is -2.25. The summed E-state index contributed by atoms with van der Waals surface area (Å²) in [5.41, 5.74) is 1.84. The lowest BCUT2D eigenvalue weighted by Gasteiger charge is -2.35. The summed E-state index contributed by atoms with van der Waals surface area (Å²) in [4.78, 5) is 17.7. The zero-order valence-corrected chi connectivity index (χ0v) is 20.0. The van der Waals surface area contributed by atoms with Gasteiger partial charge in [0.05, 0.1) is 10.5 Å². The number of likely N-dealkylation sites (tertiary alicyclic amines) is 1. The van der Waals surface area contributed by atoms with E-state index in [4.69, 9.17) is 11.6 Å². The lowest BCUT2D eigenvalue weighted by molar-refractivity contribution is 0.0725. The molecule has 2 aromatic carbocycles. The van der Waals surface area contributed by atoms with E-state index in [2.05, 4.69) is 16.5 Å². The fourth-order valence-corrected chi connectivity index (χ4v) is 5.57. The average Bonchev–Trinajstić information content (AvgIpc) is 2.80. The number of hydrogen-bond acceptors (Lipinski definition) is 4. The van der Waals surface area contributed by atoms with Gasteiger partial charge < -0.3 is 9.80 Å². The molecular weight excluding hydrogens is 446 g/mol. The fraction of sp³-hybridized carbons (Fsp3) is 0.458. The first-order valence-corrected chi connectivity index (χ1v) is 13.2. The molecule has 1 amide bonds. The highest BCUT2D eigenvalue weighted by Gasteiger charge is 2.26. The predicted molar refractivity (Wildman–Crippen MR) is 129 cm³/mol. The van der Waals surface area contributed by atoms with Crippen LogP contribution in [-0.4, -0.2) is 45.4 Å². The zero-order chi connectivity index (χ0) is 22.7. The average molecular weight is 476 g/mol. The second-order valence-electron chi connectivity index (χ2n) is 8.81.